The molecule has 5 rings (SSSR count). The molecule has 3 heterocycles. The number of ketones is 1. The highest BCUT2D eigenvalue weighted by Gasteiger charge is 2.37. The van der Waals surface area contributed by atoms with Crippen molar-refractivity contribution in [3.8, 4) is 22.5 Å². The van der Waals surface area contributed by atoms with Crippen molar-refractivity contribution < 1.29 is 14.3 Å². The number of hydrogen-bond acceptors (Lipinski definition) is 7. The SMILES string of the molecule is Nc1ccc2c(c1C(=O)NN1CCOCC1)C(=O)c1c(-c3csc(Cl)c3)n[nH]c1-2. The largest absolute Gasteiger partial charge is 0.398 e. The molecule has 1 amide bonds. The average Bonchev–Trinajstić information content (AvgIpc) is 3.39. The normalized spacial score (nSPS) is 16.0. The summed E-state index contributed by atoms with van der Waals surface area (Å²) in [6, 6.07) is 5.14. The van der Waals surface area contributed by atoms with Gasteiger partial charge in [-0.3, -0.25) is 20.1 Å². The maximum atomic E-state index is 13.4. The summed E-state index contributed by atoms with van der Waals surface area (Å²) in [5, 5.41) is 10.9. The number of benzene rings is 1. The number of aromatic nitrogens is 2. The second-order valence-corrected chi connectivity index (χ2v) is 8.33. The number of aromatic amines is 1. The predicted octanol–water partition coefficient (Wildman–Crippen LogP) is 2.56. The van der Waals surface area contributed by atoms with Gasteiger partial charge in [0.15, 0.2) is 5.78 Å². The summed E-state index contributed by atoms with van der Waals surface area (Å²) in [7, 11) is 0. The van der Waals surface area contributed by atoms with Crippen molar-refractivity contribution in [2.45, 2.75) is 0 Å². The predicted molar refractivity (Wildman–Crippen MR) is 110 cm³/mol. The van der Waals surface area contributed by atoms with Gasteiger partial charge in [-0.2, -0.15) is 5.10 Å². The van der Waals surface area contributed by atoms with E-state index in [1.165, 1.54) is 11.3 Å². The first-order valence-electron chi connectivity index (χ1n) is 8.98. The molecular formula is C19H16ClN5O3S. The van der Waals surface area contributed by atoms with Crippen molar-refractivity contribution in [3.05, 3.63) is 44.6 Å². The maximum absolute atomic E-state index is 13.4. The topological polar surface area (TPSA) is 113 Å². The van der Waals surface area contributed by atoms with Crippen LogP contribution in [0.3, 0.4) is 0 Å². The van der Waals surface area contributed by atoms with E-state index in [1.54, 1.807) is 23.2 Å². The number of morpholine rings is 1. The number of fused-ring (bicyclic) bond motifs is 3. The summed E-state index contributed by atoms with van der Waals surface area (Å²) in [5.41, 5.74) is 12.6. The molecule has 10 heteroatoms. The van der Waals surface area contributed by atoms with Gasteiger partial charge < -0.3 is 10.5 Å². The van der Waals surface area contributed by atoms with Crippen molar-refractivity contribution in [2.75, 3.05) is 32.0 Å². The molecule has 2 aliphatic rings. The molecule has 1 fully saturated rings. The molecule has 29 heavy (non-hydrogen) atoms. The number of anilines is 1. The zero-order valence-corrected chi connectivity index (χ0v) is 16.7. The first-order chi connectivity index (χ1) is 14.0. The lowest BCUT2D eigenvalue weighted by molar-refractivity contribution is 0.0126. The molecule has 0 radical (unpaired) electrons. The second-order valence-electron chi connectivity index (χ2n) is 6.78. The summed E-state index contributed by atoms with van der Waals surface area (Å²) in [4.78, 5) is 26.4. The highest BCUT2D eigenvalue weighted by atomic mass is 35.5. The Morgan fingerprint density at radius 2 is 2.10 bits per heavy atom. The van der Waals surface area contributed by atoms with Crippen molar-refractivity contribution in [1.29, 1.82) is 0 Å². The minimum atomic E-state index is -0.409. The number of nitrogens with one attached hydrogen (secondary N) is 2. The lowest BCUT2D eigenvalue weighted by Gasteiger charge is -2.27. The summed E-state index contributed by atoms with van der Waals surface area (Å²) >= 11 is 7.41. The molecule has 148 valence electrons. The standard InChI is InChI=1S/C19H16ClN5O3S/c20-12-7-9(8-29-12)16-15-17(23-22-16)10-1-2-11(21)14(13(10)18(15)26)19(27)24-25-3-5-28-6-4-25/h1-2,7-8H,3-6,21H2,(H,22,23)(H,24,27). The fraction of sp³-hybridized carbons (Fsp3) is 0.211. The Balaban J connectivity index is 1.56. The van der Waals surface area contributed by atoms with Crippen LogP contribution < -0.4 is 11.2 Å². The number of rotatable bonds is 3. The lowest BCUT2D eigenvalue weighted by atomic mass is 9.98. The number of nitrogens with zero attached hydrogens (tertiary/aromatic N) is 2. The maximum Gasteiger partial charge on any atom is 0.268 e. The Kier molecular flexibility index (Phi) is 4.39. The van der Waals surface area contributed by atoms with Gasteiger partial charge in [0.1, 0.15) is 5.69 Å². The molecule has 0 bridgehead atoms. The lowest BCUT2D eigenvalue weighted by Crippen LogP contribution is -2.48. The molecule has 0 atom stereocenters. The van der Waals surface area contributed by atoms with Crippen molar-refractivity contribution >= 4 is 40.3 Å². The van der Waals surface area contributed by atoms with Gasteiger partial charge in [-0.15, -0.1) is 11.3 Å². The van der Waals surface area contributed by atoms with E-state index in [4.69, 9.17) is 22.1 Å². The smallest absolute Gasteiger partial charge is 0.268 e. The van der Waals surface area contributed by atoms with Crippen molar-refractivity contribution in [3.63, 3.8) is 0 Å². The number of carbonyl (C=O) groups excluding carboxylic acids is 2. The van der Waals surface area contributed by atoms with E-state index in [0.717, 1.165) is 5.56 Å². The zero-order valence-electron chi connectivity index (χ0n) is 15.1. The van der Waals surface area contributed by atoms with E-state index in [0.29, 0.717) is 58.7 Å². The van der Waals surface area contributed by atoms with E-state index in [2.05, 4.69) is 15.6 Å². The number of nitrogen functional groups attached to an aromatic ring is 1. The molecule has 8 nitrogen and oxygen atoms in total. The van der Waals surface area contributed by atoms with Crippen LogP contribution in [-0.4, -0.2) is 53.2 Å². The van der Waals surface area contributed by atoms with Crippen LogP contribution in [-0.2, 0) is 4.74 Å². The van der Waals surface area contributed by atoms with Gasteiger partial charge in [0, 0.05) is 40.8 Å². The first kappa shape index (κ1) is 18.3. The van der Waals surface area contributed by atoms with E-state index < -0.39 is 5.91 Å². The molecule has 1 aliphatic carbocycles. The van der Waals surface area contributed by atoms with E-state index in [1.807, 2.05) is 5.38 Å². The highest BCUT2D eigenvalue weighted by molar-refractivity contribution is 7.14. The molecule has 0 saturated carbocycles. The van der Waals surface area contributed by atoms with E-state index >= 15 is 0 Å². The molecule has 3 aromatic rings. The van der Waals surface area contributed by atoms with Crippen LogP contribution in [0.4, 0.5) is 5.69 Å². The quantitative estimate of drug-likeness (QED) is 0.431. The third kappa shape index (κ3) is 2.94. The van der Waals surface area contributed by atoms with Gasteiger partial charge in [-0.1, -0.05) is 11.6 Å². The minimum absolute atomic E-state index is 0.179. The fourth-order valence-corrected chi connectivity index (χ4v) is 4.57. The Morgan fingerprint density at radius 1 is 1.31 bits per heavy atom. The Morgan fingerprint density at radius 3 is 2.83 bits per heavy atom. The van der Waals surface area contributed by atoms with Gasteiger partial charge in [0.2, 0.25) is 0 Å². The molecule has 1 aliphatic heterocycles. The highest BCUT2D eigenvalue weighted by Crippen LogP contribution is 2.43. The van der Waals surface area contributed by atoms with Crippen LogP contribution in [0, 0.1) is 0 Å². The molecule has 0 unspecified atom stereocenters. The number of thiophene rings is 1. The van der Waals surface area contributed by atoms with Gasteiger partial charge in [0.25, 0.3) is 5.91 Å². The first-order valence-corrected chi connectivity index (χ1v) is 10.2. The van der Waals surface area contributed by atoms with E-state index in [-0.39, 0.29) is 17.0 Å². The van der Waals surface area contributed by atoms with Gasteiger partial charge in [0.05, 0.1) is 34.4 Å². The third-order valence-corrected chi connectivity index (χ3v) is 6.16. The average molecular weight is 430 g/mol. The number of hydrogen-bond donors (Lipinski definition) is 3. The number of amides is 1. The zero-order chi connectivity index (χ0) is 20.1. The van der Waals surface area contributed by atoms with Crippen LogP contribution in [0.5, 0.6) is 0 Å². The number of nitrogens with two attached hydrogens (primary N) is 1. The summed E-state index contributed by atoms with van der Waals surface area (Å²) in [6.07, 6.45) is 0. The van der Waals surface area contributed by atoms with E-state index in [9.17, 15) is 9.59 Å². The van der Waals surface area contributed by atoms with Crippen LogP contribution in [0.25, 0.3) is 22.5 Å². The van der Waals surface area contributed by atoms with Crippen LogP contribution in [0.15, 0.2) is 23.6 Å². The summed E-state index contributed by atoms with van der Waals surface area (Å²) in [5.74, 6) is -0.687. The molecule has 4 N–H and O–H groups in total. The number of ether oxygens (including phenoxy) is 1. The Hall–Kier alpha value is -2.72. The molecule has 2 aromatic heterocycles. The van der Waals surface area contributed by atoms with Crippen LogP contribution >= 0.6 is 22.9 Å². The minimum Gasteiger partial charge on any atom is -0.398 e. The third-order valence-electron chi connectivity index (χ3n) is 5.07. The van der Waals surface area contributed by atoms with Crippen LogP contribution in [0.2, 0.25) is 4.34 Å². The summed E-state index contributed by atoms with van der Waals surface area (Å²) in [6.45, 7) is 2.20. The van der Waals surface area contributed by atoms with Crippen molar-refractivity contribution in [1.82, 2.24) is 20.6 Å². The molecule has 1 saturated heterocycles. The second kappa shape index (κ2) is 6.96. The van der Waals surface area contributed by atoms with Crippen molar-refractivity contribution in [2.24, 2.45) is 0 Å². The van der Waals surface area contributed by atoms with Gasteiger partial charge in [-0.25, -0.2) is 5.01 Å². The number of H-pyrrole nitrogens is 1. The van der Waals surface area contributed by atoms with Crippen LogP contribution in [0.1, 0.15) is 26.3 Å². The monoisotopic (exact) mass is 429 g/mol. The van der Waals surface area contributed by atoms with Gasteiger partial charge >= 0.3 is 0 Å². The molecular weight excluding hydrogens is 414 g/mol. The Labute approximate surface area is 174 Å². The number of carbonyl (C=O) groups is 2. The molecule has 1 aromatic carbocycles. The Bertz CT molecular complexity index is 1150. The summed E-state index contributed by atoms with van der Waals surface area (Å²) < 4.78 is 5.91. The number of halogens is 1. The fourth-order valence-electron chi connectivity index (χ4n) is 3.71. The number of hydrazine groups is 1. The molecule has 0 spiro atoms. The van der Waals surface area contributed by atoms with Gasteiger partial charge in [-0.05, 0) is 18.2 Å².